The van der Waals surface area contributed by atoms with E-state index in [9.17, 15) is 0 Å². The van der Waals surface area contributed by atoms with Crippen molar-refractivity contribution in [3.8, 4) is 0 Å². The molecule has 5 heteroatoms. The minimum atomic E-state index is -0.0166. The van der Waals surface area contributed by atoms with Crippen molar-refractivity contribution in [2.45, 2.75) is 24.9 Å². The Labute approximate surface area is 117 Å². The zero-order valence-corrected chi connectivity index (χ0v) is 11.4. The minimum absolute atomic E-state index is 0.0166. The van der Waals surface area contributed by atoms with Crippen molar-refractivity contribution in [1.82, 2.24) is 10.1 Å². The van der Waals surface area contributed by atoms with E-state index < -0.39 is 0 Å². The predicted molar refractivity (Wildman–Crippen MR) is 73.5 cm³/mol. The molecule has 1 N–H and O–H groups in total. The Bertz CT molecular complexity index is 621. The van der Waals surface area contributed by atoms with Crippen molar-refractivity contribution in [2.75, 3.05) is 19.0 Å². The van der Waals surface area contributed by atoms with E-state index in [1.807, 2.05) is 12.1 Å². The Balaban J connectivity index is 1.63. The van der Waals surface area contributed by atoms with E-state index in [0.717, 1.165) is 12.2 Å². The standard InChI is InChI=1S/C15H17N3O2/c1-19-13(9-6-7-9)14-17-15(20-18-14)11-8-16-12-5-3-2-4-10(11)12/h2-5,9,11,13,16H,6-8H2,1H3. The molecule has 0 spiro atoms. The number of nitrogens with zero attached hydrogens (tertiary/aromatic N) is 2. The Morgan fingerprint density at radius 3 is 3.00 bits per heavy atom. The fourth-order valence-corrected chi connectivity index (χ4v) is 2.92. The van der Waals surface area contributed by atoms with Gasteiger partial charge in [0.05, 0.1) is 5.92 Å². The molecule has 1 saturated carbocycles. The molecule has 2 aliphatic rings. The van der Waals surface area contributed by atoms with Crippen molar-refractivity contribution < 1.29 is 9.26 Å². The number of hydrogen-bond acceptors (Lipinski definition) is 5. The second-order valence-corrected chi connectivity index (χ2v) is 5.51. The molecule has 104 valence electrons. The first-order chi connectivity index (χ1) is 9.86. The third-order valence-electron chi connectivity index (χ3n) is 4.15. The largest absolute Gasteiger partial charge is 0.384 e. The molecule has 5 nitrogen and oxygen atoms in total. The van der Waals surface area contributed by atoms with Crippen LogP contribution in [0.5, 0.6) is 0 Å². The van der Waals surface area contributed by atoms with Crippen LogP contribution in [-0.4, -0.2) is 23.8 Å². The number of methoxy groups -OCH3 is 1. The van der Waals surface area contributed by atoms with E-state index in [-0.39, 0.29) is 12.0 Å². The van der Waals surface area contributed by atoms with Crippen LogP contribution in [0.25, 0.3) is 0 Å². The van der Waals surface area contributed by atoms with Crippen molar-refractivity contribution in [1.29, 1.82) is 0 Å². The number of aromatic nitrogens is 2. The lowest BCUT2D eigenvalue weighted by Gasteiger charge is -2.08. The summed E-state index contributed by atoms with van der Waals surface area (Å²) in [5.74, 6) is 2.07. The molecule has 2 atom stereocenters. The smallest absolute Gasteiger partial charge is 0.236 e. The summed E-state index contributed by atoms with van der Waals surface area (Å²) in [5.41, 5.74) is 2.38. The zero-order chi connectivity index (χ0) is 13.5. The summed E-state index contributed by atoms with van der Waals surface area (Å²) in [6, 6.07) is 8.26. The van der Waals surface area contributed by atoms with Gasteiger partial charge in [0.2, 0.25) is 11.7 Å². The summed E-state index contributed by atoms with van der Waals surface area (Å²) in [6.07, 6.45) is 2.36. The Morgan fingerprint density at radius 2 is 2.20 bits per heavy atom. The van der Waals surface area contributed by atoms with Crippen LogP contribution in [0.15, 0.2) is 28.8 Å². The molecule has 1 aliphatic heterocycles. The monoisotopic (exact) mass is 271 g/mol. The van der Waals surface area contributed by atoms with Gasteiger partial charge in [-0.2, -0.15) is 4.98 Å². The van der Waals surface area contributed by atoms with Crippen LogP contribution >= 0.6 is 0 Å². The maximum atomic E-state index is 5.51. The van der Waals surface area contributed by atoms with E-state index in [2.05, 4.69) is 27.6 Å². The van der Waals surface area contributed by atoms with Crippen molar-refractivity contribution in [3.63, 3.8) is 0 Å². The fraction of sp³-hybridized carbons (Fsp3) is 0.467. The normalized spacial score (nSPS) is 22.4. The van der Waals surface area contributed by atoms with Crippen LogP contribution in [0.4, 0.5) is 5.69 Å². The summed E-state index contributed by atoms with van der Waals surface area (Å²) in [7, 11) is 1.71. The average Bonchev–Trinajstić information content (AvgIpc) is 3.03. The third-order valence-corrected chi connectivity index (χ3v) is 4.15. The second-order valence-electron chi connectivity index (χ2n) is 5.51. The van der Waals surface area contributed by atoms with Gasteiger partial charge in [0, 0.05) is 19.3 Å². The lowest BCUT2D eigenvalue weighted by molar-refractivity contribution is 0.0751. The van der Waals surface area contributed by atoms with Gasteiger partial charge in [-0.15, -0.1) is 0 Å². The van der Waals surface area contributed by atoms with E-state index in [1.54, 1.807) is 7.11 Å². The number of para-hydroxylation sites is 1. The van der Waals surface area contributed by atoms with E-state index in [1.165, 1.54) is 18.4 Å². The van der Waals surface area contributed by atoms with Gasteiger partial charge in [0.15, 0.2) is 0 Å². The molecular formula is C15H17N3O2. The number of hydrogen-bond donors (Lipinski definition) is 1. The van der Waals surface area contributed by atoms with Gasteiger partial charge in [-0.1, -0.05) is 23.4 Å². The number of rotatable bonds is 4. The van der Waals surface area contributed by atoms with Crippen molar-refractivity contribution in [3.05, 3.63) is 41.5 Å². The van der Waals surface area contributed by atoms with Crippen LogP contribution in [0.1, 0.15) is 42.1 Å². The molecule has 2 heterocycles. The van der Waals surface area contributed by atoms with Gasteiger partial charge < -0.3 is 14.6 Å². The fourth-order valence-electron chi connectivity index (χ4n) is 2.92. The molecule has 1 fully saturated rings. The zero-order valence-electron chi connectivity index (χ0n) is 11.4. The quantitative estimate of drug-likeness (QED) is 0.926. The highest BCUT2D eigenvalue weighted by molar-refractivity contribution is 5.59. The summed E-state index contributed by atoms with van der Waals surface area (Å²) in [4.78, 5) is 4.58. The second kappa shape index (κ2) is 4.59. The first-order valence-corrected chi connectivity index (χ1v) is 7.06. The Kier molecular flexibility index (Phi) is 2.73. The minimum Gasteiger partial charge on any atom is -0.384 e. The van der Waals surface area contributed by atoms with E-state index in [4.69, 9.17) is 9.26 Å². The number of benzene rings is 1. The maximum Gasteiger partial charge on any atom is 0.236 e. The highest BCUT2D eigenvalue weighted by Gasteiger charge is 2.37. The number of fused-ring (bicyclic) bond motifs is 1. The summed E-state index contributed by atoms with van der Waals surface area (Å²) in [5, 5.41) is 7.50. The first kappa shape index (κ1) is 11.9. The molecule has 4 rings (SSSR count). The van der Waals surface area contributed by atoms with Gasteiger partial charge in [-0.25, -0.2) is 0 Å². The number of ether oxygens (including phenoxy) is 1. The van der Waals surface area contributed by atoms with E-state index in [0.29, 0.717) is 17.6 Å². The predicted octanol–water partition coefficient (Wildman–Crippen LogP) is 2.72. The Hall–Kier alpha value is -1.88. The van der Waals surface area contributed by atoms with E-state index >= 15 is 0 Å². The van der Waals surface area contributed by atoms with Crippen LogP contribution in [-0.2, 0) is 4.74 Å². The molecule has 2 unspecified atom stereocenters. The highest BCUT2D eigenvalue weighted by Crippen LogP contribution is 2.42. The van der Waals surface area contributed by atoms with Crippen LogP contribution < -0.4 is 5.32 Å². The van der Waals surface area contributed by atoms with Gasteiger partial charge in [-0.05, 0) is 30.4 Å². The van der Waals surface area contributed by atoms with Crippen LogP contribution in [0.3, 0.4) is 0 Å². The van der Waals surface area contributed by atoms with Gasteiger partial charge in [0.1, 0.15) is 6.10 Å². The summed E-state index contributed by atoms with van der Waals surface area (Å²) >= 11 is 0. The molecule has 0 saturated heterocycles. The molecule has 1 aromatic heterocycles. The van der Waals surface area contributed by atoms with Crippen molar-refractivity contribution >= 4 is 5.69 Å². The van der Waals surface area contributed by atoms with Gasteiger partial charge in [-0.3, -0.25) is 0 Å². The lowest BCUT2D eigenvalue weighted by atomic mass is 10.0. The SMILES string of the molecule is COC(c1noc(C2CNc3ccccc32)n1)C1CC1. The number of nitrogens with one attached hydrogen (secondary N) is 1. The molecule has 0 radical (unpaired) electrons. The first-order valence-electron chi connectivity index (χ1n) is 7.06. The van der Waals surface area contributed by atoms with Crippen LogP contribution in [0, 0.1) is 5.92 Å². The topological polar surface area (TPSA) is 60.2 Å². The third kappa shape index (κ3) is 1.89. The molecule has 2 aromatic rings. The molecule has 1 aromatic carbocycles. The summed E-state index contributed by atoms with van der Waals surface area (Å²) < 4.78 is 11.0. The average molecular weight is 271 g/mol. The maximum absolute atomic E-state index is 5.51. The van der Waals surface area contributed by atoms with Crippen molar-refractivity contribution in [2.24, 2.45) is 5.92 Å². The van der Waals surface area contributed by atoms with Gasteiger partial charge >= 0.3 is 0 Å². The molecule has 0 bridgehead atoms. The molecule has 20 heavy (non-hydrogen) atoms. The summed E-state index contributed by atoms with van der Waals surface area (Å²) in [6.45, 7) is 0.808. The van der Waals surface area contributed by atoms with Gasteiger partial charge in [0.25, 0.3) is 0 Å². The highest BCUT2D eigenvalue weighted by atomic mass is 16.5. The van der Waals surface area contributed by atoms with Crippen LogP contribution in [0.2, 0.25) is 0 Å². The lowest BCUT2D eigenvalue weighted by Crippen LogP contribution is -2.07. The molecule has 0 amide bonds. The number of anilines is 1. The molecular weight excluding hydrogens is 254 g/mol. The molecule has 1 aliphatic carbocycles. The Morgan fingerprint density at radius 1 is 1.35 bits per heavy atom.